The van der Waals surface area contributed by atoms with Gasteiger partial charge in [0.25, 0.3) is 5.91 Å². The quantitative estimate of drug-likeness (QED) is 0.636. The summed E-state index contributed by atoms with van der Waals surface area (Å²) >= 11 is 11.8. The van der Waals surface area contributed by atoms with E-state index in [0.717, 1.165) is 19.3 Å². The van der Waals surface area contributed by atoms with Gasteiger partial charge < -0.3 is 15.5 Å². The zero-order valence-corrected chi connectivity index (χ0v) is 17.3. The minimum absolute atomic E-state index is 0.0338. The van der Waals surface area contributed by atoms with Crippen molar-refractivity contribution in [3.05, 3.63) is 58.1 Å². The lowest BCUT2D eigenvalue weighted by Crippen LogP contribution is -2.47. The van der Waals surface area contributed by atoms with Crippen LogP contribution in [0.4, 0.5) is 16.2 Å². The fourth-order valence-electron chi connectivity index (χ4n) is 3.53. The number of urea groups is 1. The van der Waals surface area contributed by atoms with Gasteiger partial charge >= 0.3 is 6.03 Å². The highest BCUT2D eigenvalue weighted by atomic mass is 35.5. The van der Waals surface area contributed by atoms with E-state index in [2.05, 4.69) is 24.5 Å². The fourth-order valence-corrected chi connectivity index (χ4v) is 3.83. The van der Waals surface area contributed by atoms with Crippen LogP contribution >= 0.6 is 23.2 Å². The summed E-state index contributed by atoms with van der Waals surface area (Å²) in [5, 5.41) is 6.21. The predicted octanol–water partition coefficient (Wildman–Crippen LogP) is 6.04. The first-order valence-corrected chi connectivity index (χ1v) is 10.1. The normalized spacial score (nSPS) is 19.2. The van der Waals surface area contributed by atoms with Gasteiger partial charge in [-0.3, -0.25) is 4.79 Å². The Kier molecular flexibility index (Phi) is 6.47. The third-order valence-corrected chi connectivity index (χ3v) is 5.73. The van der Waals surface area contributed by atoms with Gasteiger partial charge in [0.2, 0.25) is 0 Å². The molecule has 3 amide bonds. The van der Waals surface area contributed by atoms with E-state index >= 15 is 0 Å². The number of nitrogens with one attached hydrogen (secondary N) is 2. The van der Waals surface area contributed by atoms with Gasteiger partial charge in [-0.1, -0.05) is 23.2 Å². The van der Waals surface area contributed by atoms with Crippen LogP contribution in [-0.2, 0) is 0 Å². The third-order valence-electron chi connectivity index (χ3n) is 5.00. The summed E-state index contributed by atoms with van der Waals surface area (Å²) in [6.07, 6.45) is 3.22. The number of rotatable bonds is 3. The number of likely N-dealkylation sites (tertiary alicyclic amines) is 1. The standard InChI is InChI=1S/C21H23Cl2N3O2/c1-13-4-3-5-14(2)26(13)20(27)15-6-8-16(9-7-15)24-21(28)25-17-10-11-18(22)19(23)12-17/h6-14H,3-5H2,1-2H3,(H2,24,25,28). The molecule has 0 bridgehead atoms. The summed E-state index contributed by atoms with van der Waals surface area (Å²) in [5.74, 6) is 0.0338. The average molecular weight is 420 g/mol. The van der Waals surface area contributed by atoms with Gasteiger partial charge in [0.1, 0.15) is 0 Å². The van der Waals surface area contributed by atoms with Crippen LogP contribution in [-0.4, -0.2) is 28.9 Å². The molecule has 1 aliphatic rings. The van der Waals surface area contributed by atoms with Crippen molar-refractivity contribution in [2.24, 2.45) is 0 Å². The van der Waals surface area contributed by atoms with Crippen molar-refractivity contribution in [2.75, 3.05) is 10.6 Å². The Hall–Kier alpha value is -2.24. The molecule has 3 rings (SSSR count). The number of amides is 3. The summed E-state index contributed by atoms with van der Waals surface area (Å²) in [4.78, 5) is 27.0. The SMILES string of the molecule is CC1CCCC(C)N1C(=O)c1ccc(NC(=O)Nc2ccc(Cl)c(Cl)c2)cc1. The maximum absolute atomic E-state index is 12.9. The molecule has 0 radical (unpaired) electrons. The molecule has 2 unspecified atom stereocenters. The molecule has 1 saturated heterocycles. The molecule has 28 heavy (non-hydrogen) atoms. The molecule has 7 heteroatoms. The van der Waals surface area contributed by atoms with E-state index in [1.165, 1.54) is 0 Å². The van der Waals surface area contributed by atoms with Crippen molar-refractivity contribution in [3.63, 3.8) is 0 Å². The van der Waals surface area contributed by atoms with E-state index in [0.29, 0.717) is 27.0 Å². The van der Waals surface area contributed by atoms with Crippen LogP contribution in [0.2, 0.25) is 10.0 Å². The lowest BCUT2D eigenvalue weighted by molar-refractivity contribution is 0.0511. The Morgan fingerprint density at radius 3 is 2.07 bits per heavy atom. The highest BCUT2D eigenvalue weighted by Gasteiger charge is 2.29. The maximum Gasteiger partial charge on any atom is 0.323 e. The zero-order valence-electron chi connectivity index (χ0n) is 15.8. The molecule has 2 atom stereocenters. The second kappa shape index (κ2) is 8.84. The van der Waals surface area contributed by atoms with Gasteiger partial charge in [-0.2, -0.15) is 0 Å². The first-order valence-electron chi connectivity index (χ1n) is 9.31. The van der Waals surface area contributed by atoms with Crippen LogP contribution in [0.15, 0.2) is 42.5 Å². The van der Waals surface area contributed by atoms with Crippen LogP contribution in [0.1, 0.15) is 43.5 Å². The molecule has 0 aliphatic carbocycles. The van der Waals surface area contributed by atoms with Gasteiger partial charge in [-0.15, -0.1) is 0 Å². The Balaban J connectivity index is 1.63. The molecule has 148 valence electrons. The number of carbonyl (C=O) groups is 2. The van der Waals surface area contributed by atoms with Crippen molar-refractivity contribution in [1.82, 2.24) is 4.90 Å². The second-order valence-electron chi connectivity index (χ2n) is 7.13. The lowest BCUT2D eigenvalue weighted by atomic mass is 9.96. The van der Waals surface area contributed by atoms with Crippen LogP contribution in [0.25, 0.3) is 0 Å². The highest BCUT2D eigenvalue weighted by Crippen LogP contribution is 2.26. The number of halogens is 2. The molecule has 0 saturated carbocycles. The molecule has 1 heterocycles. The van der Waals surface area contributed by atoms with Crippen molar-refractivity contribution >= 4 is 46.5 Å². The van der Waals surface area contributed by atoms with Gasteiger partial charge in [0, 0.05) is 29.0 Å². The van der Waals surface area contributed by atoms with Crippen molar-refractivity contribution in [3.8, 4) is 0 Å². The summed E-state index contributed by atoms with van der Waals surface area (Å²) in [6.45, 7) is 4.19. The van der Waals surface area contributed by atoms with Gasteiger partial charge in [-0.05, 0) is 75.6 Å². The average Bonchev–Trinajstić information content (AvgIpc) is 2.65. The minimum Gasteiger partial charge on any atom is -0.333 e. The maximum atomic E-state index is 12.9. The first-order chi connectivity index (χ1) is 13.3. The van der Waals surface area contributed by atoms with E-state index in [-0.39, 0.29) is 18.0 Å². The largest absolute Gasteiger partial charge is 0.333 e. The highest BCUT2D eigenvalue weighted by molar-refractivity contribution is 6.42. The van der Waals surface area contributed by atoms with Gasteiger partial charge in [0.05, 0.1) is 10.0 Å². The summed E-state index contributed by atoms with van der Waals surface area (Å²) in [7, 11) is 0. The number of anilines is 2. The number of hydrogen-bond donors (Lipinski definition) is 2. The number of benzene rings is 2. The lowest BCUT2D eigenvalue weighted by Gasteiger charge is -2.39. The Labute approximate surface area is 175 Å². The van der Waals surface area contributed by atoms with E-state index in [4.69, 9.17) is 23.2 Å². The molecule has 5 nitrogen and oxygen atoms in total. The van der Waals surface area contributed by atoms with Crippen LogP contribution in [0.3, 0.4) is 0 Å². The molecular formula is C21H23Cl2N3O2. The smallest absolute Gasteiger partial charge is 0.323 e. The monoisotopic (exact) mass is 419 g/mol. The minimum atomic E-state index is -0.407. The first kappa shape index (κ1) is 20.5. The Morgan fingerprint density at radius 2 is 1.46 bits per heavy atom. The van der Waals surface area contributed by atoms with E-state index in [1.54, 1.807) is 42.5 Å². The molecule has 1 aliphatic heterocycles. The molecular weight excluding hydrogens is 397 g/mol. The predicted molar refractivity (Wildman–Crippen MR) is 114 cm³/mol. The van der Waals surface area contributed by atoms with E-state index in [1.807, 2.05) is 4.90 Å². The van der Waals surface area contributed by atoms with Crippen LogP contribution in [0, 0.1) is 0 Å². The van der Waals surface area contributed by atoms with Crippen LogP contribution < -0.4 is 10.6 Å². The molecule has 0 aromatic heterocycles. The zero-order chi connectivity index (χ0) is 20.3. The van der Waals surface area contributed by atoms with Crippen molar-refractivity contribution < 1.29 is 9.59 Å². The molecule has 2 aromatic rings. The number of hydrogen-bond acceptors (Lipinski definition) is 2. The fraction of sp³-hybridized carbons (Fsp3) is 0.333. The van der Waals surface area contributed by atoms with Crippen molar-refractivity contribution in [2.45, 2.75) is 45.2 Å². The summed E-state index contributed by atoms with van der Waals surface area (Å²) < 4.78 is 0. The van der Waals surface area contributed by atoms with Crippen molar-refractivity contribution in [1.29, 1.82) is 0 Å². The van der Waals surface area contributed by atoms with Crippen LogP contribution in [0.5, 0.6) is 0 Å². The molecule has 2 N–H and O–H groups in total. The number of piperidine rings is 1. The summed E-state index contributed by atoms with van der Waals surface area (Å²) in [6, 6.07) is 11.9. The second-order valence-corrected chi connectivity index (χ2v) is 7.94. The Bertz CT molecular complexity index is 860. The topological polar surface area (TPSA) is 61.4 Å². The Morgan fingerprint density at radius 1 is 0.893 bits per heavy atom. The molecule has 0 spiro atoms. The molecule has 1 fully saturated rings. The number of carbonyl (C=O) groups excluding carboxylic acids is 2. The van der Waals surface area contributed by atoms with Gasteiger partial charge in [-0.25, -0.2) is 4.79 Å². The third kappa shape index (κ3) is 4.78. The summed E-state index contributed by atoms with van der Waals surface area (Å²) in [5.41, 5.74) is 1.75. The van der Waals surface area contributed by atoms with E-state index < -0.39 is 6.03 Å². The van der Waals surface area contributed by atoms with Gasteiger partial charge in [0.15, 0.2) is 0 Å². The number of nitrogens with zero attached hydrogens (tertiary/aromatic N) is 1. The molecule has 2 aromatic carbocycles. The van der Waals surface area contributed by atoms with E-state index in [9.17, 15) is 9.59 Å².